The highest BCUT2D eigenvalue weighted by Crippen LogP contribution is 2.56. The van der Waals surface area contributed by atoms with Crippen LogP contribution >= 0.6 is 6.34 Å². The Morgan fingerprint density at radius 2 is 1.44 bits per heavy atom. The first-order valence-corrected chi connectivity index (χ1v) is 11.4. The molecule has 0 unspecified atom stereocenters. The maximum atomic E-state index is 6.26. The van der Waals surface area contributed by atoms with Crippen LogP contribution in [0, 0.1) is 0 Å². The lowest BCUT2D eigenvalue weighted by Crippen LogP contribution is -2.42. The second kappa shape index (κ2) is 7.74. The van der Waals surface area contributed by atoms with Crippen molar-refractivity contribution in [3.8, 4) is 11.5 Å². The van der Waals surface area contributed by atoms with E-state index in [-0.39, 0.29) is 0 Å². The number of hydrogen-bond donors (Lipinski definition) is 0. The third-order valence-electron chi connectivity index (χ3n) is 4.56. The van der Waals surface area contributed by atoms with Crippen LogP contribution in [0.3, 0.4) is 0 Å². The van der Waals surface area contributed by atoms with E-state index < -0.39 is 6.34 Å². The lowest BCUT2D eigenvalue weighted by Gasteiger charge is -2.44. The number of fused-ring (bicyclic) bond motifs is 1. The summed E-state index contributed by atoms with van der Waals surface area (Å²) in [7, 11) is 0. The van der Waals surface area contributed by atoms with E-state index in [1.165, 1.54) is 0 Å². The van der Waals surface area contributed by atoms with Gasteiger partial charge in [0.15, 0.2) is 11.5 Å². The van der Waals surface area contributed by atoms with Gasteiger partial charge >= 0.3 is 0 Å². The first kappa shape index (κ1) is 17.5. The van der Waals surface area contributed by atoms with Crippen LogP contribution in [0.1, 0.15) is 0 Å². The Labute approximate surface area is 153 Å². The summed E-state index contributed by atoms with van der Waals surface area (Å²) >= 11 is 6.26. The minimum atomic E-state index is -2.08. The molecule has 8 heteroatoms. The summed E-state index contributed by atoms with van der Waals surface area (Å²) in [4.78, 5) is 0. The fraction of sp³-hybridized carbons (Fsp3) is 0.529. The molecule has 2 fully saturated rings. The highest BCUT2D eigenvalue weighted by Gasteiger charge is 2.34. The monoisotopic (exact) mass is 382 g/mol. The highest BCUT2D eigenvalue weighted by molar-refractivity contribution is 8.13. The van der Waals surface area contributed by atoms with Crippen LogP contribution in [-0.2, 0) is 21.3 Å². The predicted octanol–water partition coefficient (Wildman–Crippen LogP) is 2.27. The van der Waals surface area contributed by atoms with E-state index in [2.05, 4.69) is 15.2 Å². The molecular weight excluding hydrogens is 359 g/mol. The standard InChI is InChI=1S/C17H23N2O4PS/c25-24(18-5-9-20-10-6-18,19-7-11-21-12-8-19)14-15-13-22-16-3-1-2-4-17(16)23-15/h1-4,14H,5-13H2. The van der Waals surface area contributed by atoms with Crippen molar-refractivity contribution in [3.05, 3.63) is 35.8 Å². The summed E-state index contributed by atoms with van der Waals surface area (Å²) in [5.41, 5.74) is 0. The van der Waals surface area contributed by atoms with Gasteiger partial charge in [0.05, 0.1) is 26.4 Å². The van der Waals surface area contributed by atoms with Crippen LogP contribution in [0.15, 0.2) is 35.8 Å². The molecule has 25 heavy (non-hydrogen) atoms. The topological polar surface area (TPSA) is 43.4 Å². The molecule has 0 bridgehead atoms. The molecule has 0 amide bonds. The van der Waals surface area contributed by atoms with Crippen LogP contribution in [0.4, 0.5) is 0 Å². The average molecular weight is 382 g/mol. The average Bonchev–Trinajstić information content (AvgIpc) is 2.69. The molecule has 3 aliphatic heterocycles. The van der Waals surface area contributed by atoms with Gasteiger partial charge in [0.1, 0.15) is 18.7 Å². The molecule has 0 aliphatic carbocycles. The SMILES string of the molecule is S=P(C=C1COc2ccccc2O1)(N1CCOCC1)N1CCOCC1. The zero-order chi connectivity index (χ0) is 17.1. The number of nitrogens with zero attached hydrogens (tertiary/aromatic N) is 2. The van der Waals surface area contributed by atoms with Crippen molar-refractivity contribution in [2.75, 3.05) is 59.2 Å². The van der Waals surface area contributed by atoms with E-state index in [0.29, 0.717) is 6.61 Å². The third-order valence-corrected chi connectivity index (χ3v) is 9.31. The Kier molecular flexibility index (Phi) is 5.41. The van der Waals surface area contributed by atoms with Crippen molar-refractivity contribution in [2.24, 2.45) is 0 Å². The van der Waals surface area contributed by atoms with Gasteiger partial charge in [-0.3, -0.25) is 9.34 Å². The van der Waals surface area contributed by atoms with Gasteiger partial charge in [-0.2, -0.15) is 0 Å². The molecule has 0 spiro atoms. The Morgan fingerprint density at radius 3 is 2.04 bits per heavy atom. The van der Waals surface area contributed by atoms with Crippen molar-refractivity contribution in [1.29, 1.82) is 0 Å². The molecule has 6 nitrogen and oxygen atoms in total. The first-order chi connectivity index (χ1) is 12.3. The fourth-order valence-electron chi connectivity index (χ4n) is 3.25. The number of ether oxygens (including phenoxy) is 4. The maximum absolute atomic E-state index is 6.26. The molecule has 1 aromatic carbocycles. The van der Waals surface area contributed by atoms with Crippen LogP contribution in [0.25, 0.3) is 0 Å². The first-order valence-electron chi connectivity index (χ1n) is 8.63. The van der Waals surface area contributed by atoms with Crippen LogP contribution in [0.5, 0.6) is 11.5 Å². The molecule has 1 aromatic rings. The number of para-hydroxylation sites is 2. The van der Waals surface area contributed by atoms with Gasteiger partial charge in [0.2, 0.25) is 0 Å². The Bertz CT molecular complexity index is 665. The van der Waals surface area contributed by atoms with Crippen LogP contribution in [0.2, 0.25) is 0 Å². The van der Waals surface area contributed by atoms with Gasteiger partial charge in [-0.15, -0.1) is 0 Å². The van der Waals surface area contributed by atoms with Crippen molar-refractivity contribution in [1.82, 2.24) is 9.34 Å². The zero-order valence-electron chi connectivity index (χ0n) is 14.1. The molecule has 3 heterocycles. The van der Waals surface area contributed by atoms with Gasteiger partial charge in [0, 0.05) is 32.0 Å². The van der Waals surface area contributed by atoms with E-state index in [1.807, 2.05) is 24.3 Å². The Hall–Kier alpha value is -0.950. The smallest absolute Gasteiger partial charge is 0.169 e. The van der Waals surface area contributed by atoms with E-state index in [9.17, 15) is 0 Å². The summed E-state index contributed by atoms with van der Waals surface area (Å²) in [5, 5.41) is 0. The summed E-state index contributed by atoms with van der Waals surface area (Å²) < 4.78 is 27.8. The molecular formula is C17H23N2O4PS. The van der Waals surface area contributed by atoms with E-state index >= 15 is 0 Å². The van der Waals surface area contributed by atoms with Gasteiger partial charge in [-0.1, -0.05) is 23.9 Å². The molecule has 0 atom stereocenters. The largest absolute Gasteiger partial charge is 0.482 e. The van der Waals surface area contributed by atoms with E-state index in [0.717, 1.165) is 69.9 Å². The zero-order valence-corrected chi connectivity index (χ0v) is 15.8. The molecule has 0 saturated carbocycles. The van der Waals surface area contributed by atoms with Gasteiger partial charge < -0.3 is 18.9 Å². The maximum Gasteiger partial charge on any atom is 0.169 e. The second-order valence-corrected chi connectivity index (χ2v) is 10.3. The predicted molar refractivity (Wildman–Crippen MR) is 99.7 cm³/mol. The number of benzene rings is 1. The number of morpholine rings is 2. The van der Waals surface area contributed by atoms with Crippen LogP contribution in [-0.4, -0.2) is 68.6 Å². The minimum absolute atomic E-state index is 0.421. The highest BCUT2D eigenvalue weighted by atomic mass is 32.4. The van der Waals surface area contributed by atoms with E-state index in [4.69, 9.17) is 30.8 Å². The number of rotatable bonds is 3. The quantitative estimate of drug-likeness (QED) is 0.743. The van der Waals surface area contributed by atoms with Gasteiger partial charge in [0.25, 0.3) is 0 Å². The second-order valence-electron chi connectivity index (χ2n) is 6.15. The van der Waals surface area contributed by atoms with Crippen molar-refractivity contribution in [3.63, 3.8) is 0 Å². The lowest BCUT2D eigenvalue weighted by atomic mass is 10.3. The van der Waals surface area contributed by atoms with Crippen molar-refractivity contribution in [2.45, 2.75) is 0 Å². The molecule has 136 valence electrons. The molecule has 4 rings (SSSR count). The lowest BCUT2D eigenvalue weighted by molar-refractivity contribution is 0.0587. The Balaban J connectivity index is 1.62. The fourth-order valence-corrected chi connectivity index (χ4v) is 7.24. The summed E-state index contributed by atoms with van der Waals surface area (Å²) in [6.45, 7) is 6.76. The van der Waals surface area contributed by atoms with Crippen molar-refractivity contribution < 1.29 is 18.9 Å². The molecule has 2 saturated heterocycles. The molecule has 0 radical (unpaired) electrons. The van der Waals surface area contributed by atoms with Gasteiger partial charge in [-0.05, 0) is 12.1 Å². The molecule has 0 aromatic heterocycles. The summed E-state index contributed by atoms with van der Waals surface area (Å²) in [6.07, 6.45) is -2.08. The summed E-state index contributed by atoms with van der Waals surface area (Å²) in [5.74, 6) is 4.49. The molecule has 0 N–H and O–H groups in total. The van der Waals surface area contributed by atoms with Gasteiger partial charge in [-0.25, -0.2) is 0 Å². The van der Waals surface area contributed by atoms with Crippen molar-refractivity contribution >= 4 is 18.1 Å². The molecule has 3 aliphatic rings. The number of hydrogen-bond acceptors (Lipinski definition) is 5. The third kappa shape index (κ3) is 3.77. The van der Waals surface area contributed by atoms with E-state index in [1.54, 1.807) is 0 Å². The Morgan fingerprint density at radius 1 is 0.880 bits per heavy atom. The summed E-state index contributed by atoms with van der Waals surface area (Å²) in [6, 6.07) is 7.75. The van der Waals surface area contributed by atoms with Crippen LogP contribution < -0.4 is 9.47 Å². The normalized spacial score (nSPS) is 24.4. The minimum Gasteiger partial charge on any atom is -0.482 e.